The molecule has 0 aliphatic carbocycles. The van der Waals surface area contributed by atoms with Crippen molar-refractivity contribution in [3.8, 4) is 23.0 Å². The normalized spacial score (nSPS) is 10.7. The third-order valence-corrected chi connectivity index (χ3v) is 4.64. The largest absolute Gasteiger partial charge is 0.508 e. The lowest BCUT2D eigenvalue weighted by Gasteiger charge is -2.12. The van der Waals surface area contributed by atoms with Crippen molar-refractivity contribution in [2.24, 2.45) is 0 Å². The van der Waals surface area contributed by atoms with Crippen LogP contribution in [0.15, 0.2) is 77.3 Å². The van der Waals surface area contributed by atoms with E-state index >= 15 is 0 Å². The van der Waals surface area contributed by atoms with Gasteiger partial charge in [-0.15, -0.1) is 0 Å². The average Bonchev–Trinajstić information content (AvgIpc) is 2.75. The zero-order chi connectivity index (χ0) is 21.3. The Morgan fingerprint density at radius 1 is 0.967 bits per heavy atom. The quantitative estimate of drug-likeness (QED) is 0.254. The molecule has 154 valence electrons. The van der Waals surface area contributed by atoms with E-state index < -0.39 is 0 Å². The average molecular weight is 469 g/mol. The van der Waals surface area contributed by atoms with Crippen molar-refractivity contribution in [1.29, 1.82) is 0 Å². The summed E-state index contributed by atoms with van der Waals surface area (Å²) in [6, 6.07) is 19.2. The summed E-state index contributed by atoms with van der Waals surface area (Å²) in [4.78, 5) is 12.2. The molecule has 0 saturated carbocycles. The molecule has 0 radical (unpaired) electrons. The number of allylic oxidation sites excluding steroid dienone is 1. The number of rotatable bonds is 9. The standard InChI is InChI=1S/C24H21BrO5/c1-28-24-14-17(8-10-22(27)18-4-2-6-20(26)15-18)9-11-23(24)30-13-12-29-21-7-3-5-19(25)16-21/h2-11,14-16,26H,12-13H2,1H3/b10-8+. The predicted molar refractivity (Wildman–Crippen MR) is 120 cm³/mol. The maximum Gasteiger partial charge on any atom is 0.185 e. The first-order chi connectivity index (χ1) is 14.5. The van der Waals surface area contributed by atoms with E-state index in [1.807, 2.05) is 30.3 Å². The molecular formula is C24H21BrO5. The summed E-state index contributed by atoms with van der Waals surface area (Å²) in [6.07, 6.45) is 3.14. The van der Waals surface area contributed by atoms with E-state index in [-0.39, 0.29) is 11.5 Å². The van der Waals surface area contributed by atoms with Crippen LogP contribution in [-0.2, 0) is 0 Å². The molecule has 0 heterocycles. The van der Waals surface area contributed by atoms with Crippen LogP contribution in [0, 0.1) is 0 Å². The fourth-order valence-electron chi connectivity index (χ4n) is 2.70. The van der Waals surface area contributed by atoms with Crippen LogP contribution < -0.4 is 14.2 Å². The fraction of sp³-hybridized carbons (Fsp3) is 0.125. The van der Waals surface area contributed by atoms with Gasteiger partial charge in [0.25, 0.3) is 0 Å². The predicted octanol–water partition coefficient (Wildman–Crippen LogP) is 5.52. The van der Waals surface area contributed by atoms with Crippen LogP contribution in [0.5, 0.6) is 23.0 Å². The van der Waals surface area contributed by atoms with Gasteiger partial charge in [0.15, 0.2) is 17.3 Å². The molecule has 0 aliphatic rings. The van der Waals surface area contributed by atoms with Gasteiger partial charge in [0, 0.05) is 10.0 Å². The second kappa shape index (κ2) is 10.5. The number of halogens is 1. The molecule has 0 amide bonds. The Morgan fingerprint density at radius 3 is 2.53 bits per heavy atom. The van der Waals surface area contributed by atoms with Gasteiger partial charge in [0.2, 0.25) is 0 Å². The second-order valence-electron chi connectivity index (χ2n) is 6.31. The highest BCUT2D eigenvalue weighted by atomic mass is 79.9. The zero-order valence-corrected chi connectivity index (χ0v) is 18.0. The Kier molecular flexibility index (Phi) is 7.51. The Morgan fingerprint density at radius 2 is 1.77 bits per heavy atom. The number of carbonyl (C=O) groups is 1. The summed E-state index contributed by atoms with van der Waals surface area (Å²) in [5.74, 6) is 1.77. The van der Waals surface area contributed by atoms with Crippen molar-refractivity contribution < 1.29 is 24.1 Å². The molecule has 0 fully saturated rings. The first kappa shape index (κ1) is 21.5. The molecular weight excluding hydrogens is 448 g/mol. The van der Waals surface area contributed by atoms with E-state index in [4.69, 9.17) is 14.2 Å². The van der Waals surface area contributed by atoms with Crippen LogP contribution in [-0.4, -0.2) is 31.2 Å². The topological polar surface area (TPSA) is 65.0 Å². The maximum atomic E-state index is 12.2. The number of aromatic hydroxyl groups is 1. The lowest BCUT2D eigenvalue weighted by Crippen LogP contribution is -2.09. The van der Waals surface area contributed by atoms with Crippen LogP contribution in [0.2, 0.25) is 0 Å². The van der Waals surface area contributed by atoms with Gasteiger partial charge >= 0.3 is 0 Å². The van der Waals surface area contributed by atoms with Gasteiger partial charge in [-0.3, -0.25) is 4.79 Å². The summed E-state index contributed by atoms with van der Waals surface area (Å²) in [7, 11) is 1.56. The van der Waals surface area contributed by atoms with Crippen molar-refractivity contribution >= 4 is 27.8 Å². The number of phenolic OH excluding ortho intramolecular Hbond substituents is 1. The molecule has 0 aromatic heterocycles. The van der Waals surface area contributed by atoms with E-state index in [1.165, 1.54) is 18.2 Å². The van der Waals surface area contributed by atoms with Crippen LogP contribution in [0.1, 0.15) is 15.9 Å². The number of ketones is 1. The highest BCUT2D eigenvalue weighted by Crippen LogP contribution is 2.28. The molecule has 3 rings (SSSR count). The van der Waals surface area contributed by atoms with Crippen molar-refractivity contribution in [3.05, 3.63) is 88.4 Å². The van der Waals surface area contributed by atoms with Crippen molar-refractivity contribution in [3.63, 3.8) is 0 Å². The molecule has 30 heavy (non-hydrogen) atoms. The van der Waals surface area contributed by atoms with Gasteiger partial charge in [0.1, 0.15) is 24.7 Å². The Balaban J connectivity index is 1.58. The first-order valence-electron chi connectivity index (χ1n) is 9.26. The lowest BCUT2D eigenvalue weighted by atomic mass is 10.1. The molecule has 1 N–H and O–H groups in total. The molecule has 0 atom stereocenters. The van der Waals surface area contributed by atoms with Crippen molar-refractivity contribution in [1.82, 2.24) is 0 Å². The summed E-state index contributed by atoms with van der Waals surface area (Å²) in [6.45, 7) is 0.744. The molecule has 0 unspecified atom stereocenters. The Bertz CT molecular complexity index is 1050. The third kappa shape index (κ3) is 6.12. The fourth-order valence-corrected chi connectivity index (χ4v) is 3.08. The van der Waals surface area contributed by atoms with Crippen LogP contribution >= 0.6 is 15.9 Å². The molecule has 6 heteroatoms. The third-order valence-electron chi connectivity index (χ3n) is 4.15. The Hall–Kier alpha value is -3.25. The molecule has 3 aromatic rings. The van der Waals surface area contributed by atoms with Gasteiger partial charge in [-0.25, -0.2) is 0 Å². The SMILES string of the molecule is COc1cc(/C=C/C(=O)c2cccc(O)c2)ccc1OCCOc1cccc(Br)c1. The second-order valence-corrected chi connectivity index (χ2v) is 7.23. The van der Waals surface area contributed by atoms with Crippen molar-refractivity contribution in [2.75, 3.05) is 20.3 Å². The summed E-state index contributed by atoms with van der Waals surface area (Å²) < 4.78 is 17.8. The number of carbonyl (C=O) groups excluding carboxylic acids is 1. The minimum absolute atomic E-state index is 0.0568. The highest BCUT2D eigenvalue weighted by molar-refractivity contribution is 9.10. The number of benzene rings is 3. The maximum absolute atomic E-state index is 12.2. The highest BCUT2D eigenvalue weighted by Gasteiger charge is 2.07. The van der Waals surface area contributed by atoms with Crippen LogP contribution in [0.4, 0.5) is 0 Å². The monoisotopic (exact) mass is 468 g/mol. The summed E-state index contributed by atoms with van der Waals surface area (Å²) >= 11 is 3.41. The van der Waals surface area contributed by atoms with Gasteiger partial charge in [-0.05, 0) is 54.1 Å². The molecule has 0 aliphatic heterocycles. The van der Waals surface area contributed by atoms with E-state index in [0.717, 1.165) is 15.8 Å². The van der Waals surface area contributed by atoms with E-state index in [1.54, 1.807) is 37.5 Å². The smallest absolute Gasteiger partial charge is 0.185 e. The van der Waals surface area contributed by atoms with Crippen molar-refractivity contribution in [2.45, 2.75) is 0 Å². The minimum atomic E-state index is -0.199. The van der Waals surface area contributed by atoms with Crippen LogP contribution in [0.3, 0.4) is 0 Å². The van der Waals surface area contributed by atoms with E-state index in [9.17, 15) is 9.90 Å². The number of hydrogen-bond acceptors (Lipinski definition) is 5. The van der Waals surface area contributed by atoms with E-state index in [2.05, 4.69) is 15.9 Å². The minimum Gasteiger partial charge on any atom is -0.508 e. The van der Waals surface area contributed by atoms with Gasteiger partial charge in [-0.2, -0.15) is 0 Å². The molecule has 0 saturated heterocycles. The van der Waals surface area contributed by atoms with E-state index in [0.29, 0.717) is 30.3 Å². The first-order valence-corrected chi connectivity index (χ1v) is 10.0. The van der Waals surface area contributed by atoms with Gasteiger partial charge in [0.05, 0.1) is 7.11 Å². The summed E-state index contributed by atoms with van der Waals surface area (Å²) in [5, 5.41) is 9.49. The molecule has 0 bridgehead atoms. The van der Waals surface area contributed by atoms with Gasteiger partial charge < -0.3 is 19.3 Å². The van der Waals surface area contributed by atoms with Gasteiger partial charge in [-0.1, -0.05) is 46.3 Å². The summed E-state index contributed by atoms with van der Waals surface area (Å²) in [5.41, 5.74) is 1.21. The Labute approximate surface area is 183 Å². The zero-order valence-electron chi connectivity index (χ0n) is 16.4. The molecule has 5 nitrogen and oxygen atoms in total. The number of methoxy groups -OCH3 is 1. The molecule has 3 aromatic carbocycles. The lowest BCUT2D eigenvalue weighted by molar-refractivity contribution is 0.104. The number of hydrogen-bond donors (Lipinski definition) is 1. The number of phenols is 1. The molecule has 0 spiro atoms. The number of ether oxygens (including phenoxy) is 3. The van der Waals surface area contributed by atoms with Crippen LogP contribution in [0.25, 0.3) is 6.08 Å².